The summed E-state index contributed by atoms with van der Waals surface area (Å²) >= 11 is 7.01. The van der Waals surface area contributed by atoms with Crippen LogP contribution in [0.15, 0.2) is 65.8 Å². The number of methoxy groups -OCH3 is 3. The molecule has 2 amide bonds. The van der Waals surface area contributed by atoms with Crippen LogP contribution in [0.4, 0.5) is 0 Å². The first-order chi connectivity index (χ1) is 19.4. The SMILES string of the molecule is COc1cc(Cc2nnc(SCC(=O)c3ccc(Cl)cc3)n2N2C(=O)c3ccccc3C2=O)cc(OC)c1OC. The molecule has 0 aliphatic carbocycles. The topological polar surface area (TPSA) is 113 Å². The van der Waals surface area contributed by atoms with E-state index in [1.54, 1.807) is 60.7 Å². The number of nitrogens with zero attached hydrogens (tertiary/aromatic N) is 4. The van der Waals surface area contributed by atoms with Crippen molar-refractivity contribution in [1.29, 1.82) is 0 Å². The molecule has 5 rings (SSSR count). The third-order valence-corrected chi connectivity index (χ3v) is 7.41. The summed E-state index contributed by atoms with van der Waals surface area (Å²) < 4.78 is 17.7. The lowest BCUT2D eigenvalue weighted by Gasteiger charge is -2.19. The molecule has 12 heteroatoms. The number of carbonyl (C=O) groups is 3. The molecule has 0 fully saturated rings. The van der Waals surface area contributed by atoms with E-state index < -0.39 is 11.8 Å². The van der Waals surface area contributed by atoms with E-state index in [-0.39, 0.29) is 34.2 Å². The van der Waals surface area contributed by atoms with Gasteiger partial charge >= 0.3 is 0 Å². The van der Waals surface area contributed by atoms with Crippen molar-refractivity contribution in [3.05, 3.63) is 93.8 Å². The van der Waals surface area contributed by atoms with Gasteiger partial charge in [0.05, 0.1) is 38.2 Å². The molecular formula is C28H23ClN4O6S. The monoisotopic (exact) mass is 578 g/mol. The Bertz CT molecular complexity index is 1560. The number of hydrogen-bond acceptors (Lipinski definition) is 9. The van der Waals surface area contributed by atoms with Gasteiger partial charge in [0.2, 0.25) is 10.9 Å². The molecule has 0 saturated heterocycles. The van der Waals surface area contributed by atoms with Crippen molar-refractivity contribution in [3.8, 4) is 17.2 Å². The van der Waals surface area contributed by atoms with Gasteiger partial charge in [0, 0.05) is 17.0 Å². The van der Waals surface area contributed by atoms with Crippen LogP contribution in [0, 0.1) is 0 Å². The normalized spacial score (nSPS) is 12.4. The zero-order valence-electron chi connectivity index (χ0n) is 21.7. The number of carbonyl (C=O) groups excluding carboxylic acids is 3. The van der Waals surface area contributed by atoms with Crippen molar-refractivity contribution in [2.45, 2.75) is 11.6 Å². The van der Waals surface area contributed by atoms with Gasteiger partial charge in [0.1, 0.15) is 0 Å². The number of thioether (sulfide) groups is 1. The van der Waals surface area contributed by atoms with Gasteiger partial charge in [-0.2, -0.15) is 5.01 Å². The van der Waals surface area contributed by atoms with Gasteiger partial charge in [-0.25, -0.2) is 4.68 Å². The summed E-state index contributed by atoms with van der Waals surface area (Å²) in [7, 11) is 4.53. The second kappa shape index (κ2) is 11.4. The fourth-order valence-electron chi connectivity index (χ4n) is 4.32. The quantitative estimate of drug-likeness (QED) is 0.153. The van der Waals surface area contributed by atoms with Gasteiger partial charge in [0.25, 0.3) is 11.8 Å². The van der Waals surface area contributed by atoms with E-state index in [0.717, 1.165) is 16.8 Å². The minimum absolute atomic E-state index is 0.00683. The first kappa shape index (κ1) is 27.2. The molecule has 2 heterocycles. The molecule has 1 aliphatic rings. The summed E-state index contributed by atoms with van der Waals surface area (Å²) in [5.74, 6) is 0.378. The standard InChI is InChI=1S/C28H23ClN4O6S/c1-37-22-12-16(13-23(38-2)25(22)39-3)14-24-30-31-28(40-15-21(34)17-8-10-18(29)11-9-17)32(24)33-26(35)19-6-4-5-7-20(19)27(33)36/h4-13H,14-15H2,1-3H3. The molecule has 0 saturated carbocycles. The highest BCUT2D eigenvalue weighted by Crippen LogP contribution is 2.39. The van der Waals surface area contributed by atoms with Gasteiger partial charge < -0.3 is 14.2 Å². The number of amides is 2. The molecule has 1 aliphatic heterocycles. The summed E-state index contributed by atoms with van der Waals surface area (Å²) in [6.07, 6.45) is 0.156. The number of ether oxygens (including phenoxy) is 3. The number of imide groups is 1. The Labute approximate surface area is 238 Å². The number of benzene rings is 3. The molecule has 40 heavy (non-hydrogen) atoms. The van der Waals surface area contributed by atoms with Crippen molar-refractivity contribution >= 4 is 41.0 Å². The van der Waals surface area contributed by atoms with Crippen LogP contribution < -0.4 is 19.2 Å². The molecule has 0 N–H and O–H groups in total. The molecule has 0 bridgehead atoms. The predicted octanol–water partition coefficient (Wildman–Crippen LogP) is 4.46. The summed E-state index contributed by atoms with van der Waals surface area (Å²) in [5, 5.41) is 10.3. The highest BCUT2D eigenvalue weighted by atomic mass is 35.5. The van der Waals surface area contributed by atoms with Gasteiger partial charge in [-0.1, -0.05) is 35.5 Å². The minimum Gasteiger partial charge on any atom is -0.493 e. The van der Waals surface area contributed by atoms with Crippen molar-refractivity contribution in [3.63, 3.8) is 0 Å². The molecule has 0 radical (unpaired) electrons. The second-order valence-electron chi connectivity index (χ2n) is 8.61. The zero-order valence-corrected chi connectivity index (χ0v) is 23.3. The Morgan fingerprint density at radius 1 is 0.875 bits per heavy atom. The number of halogens is 1. The van der Waals surface area contributed by atoms with Gasteiger partial charge in [0.15, 0.2) is 23.1 Å². The Morgan fingerprint density at radius 2 is 1.48 bits per heavy atom. The highest BCUT2D eigenvalue weighted by molar-refractivity contribution is 7.99. The predicted molar refractivity (Wildman–Crippen MR) is 149 cm³/mol. The van der Waals surface area contributed by atoms with E-state index in [0.29, 0.717) is 39.2 Å². The maximum atomic E-state index is 13.4. The summed E-state index contributed by atoms with van der Waals surface area (Å²) in [6.45, 7) is 0. The van der Waals surface area contributed by atoms with Gasteiger partial charge in [-0.15, -0.1) is 10.2 Å². The van der Waals surface area contributed by atoms with Crippen molar-refractivity contribution in [2.75, 3.05) is 32.1 Å². The van der Waals surface area contributed by atoms with Crippen LogP contribution in [-0.2, 0) is 6.42 Å². The van der Waals surface area contributed by atoms with Crippen molar-refractivity contribution in [1.82, 2.24) is 14.9 Å². The van der Waals surface area contributed by atoms with Crippen LogP contribution in [0.25, 0.3) is 0 Å². The van der Waals surface area contributed by atoms with Gasteiger partial charge in [-0.3, -0.25) is 14.4 Å². The van der Waals surface area contributed by atoms with Crippen LogP contribution in [-0.4, -0.2) is 59.6 Å². The Hall–Kier alpha value is -4.35. The minimum atomic E-state index is -0.516. The van der Waals surface area contributed by atoms with E-state index in [9.17, 15) is 14.4 Å². The zero-order chi connectivity index (χ0) is 28.4. The first-order valence-electron chi connectivity index (χ1n) is 12.0. The largest absolute Gasteiger partial charge is 0.493 e. The molecular weight excluding hydrogens is 556 g/mol. The van der Waals surface area contributed by atoms with E-state index in [1.165, 1.54) is 26.0 Å². The summed E-state index contributed by atoms with van der Waals surface area (Å²) in [4.78, 5) is 39.7. The van der Waals surface area contributed by atoms with Gasteiger partial charge in [-0.05, 0) is 54.1 Å². The lowest BCUT2D eigenvalue weighted by atomic mass is 10.1. The van der Waals surface area contributed by atoms with E-state index in [1.807, 2.05) is 0 Å². The van der Waals surface area contributed by atoms with Crippen molar-refractivity contribution in [2.24, 2.45) is 0 Å². The molecule has 3 aromatic carbocycles. The average Bonchev–Trinajstić information content (AvgIpc) is 3.47. The lowest BCUT2D eigenvalue weighted by Crippen LogP contribution is -2.41. The van der Waals surface area contributed by atoms with Crippen LogP contribution in [0.2, 0.25) is 5.02 Å². The number of fused-ring (bicyclic) bond motifs is 1. The number of aromatic nitrogens is 3. The Kier molecular flexibility index (Phi) is 7.76. The highest BCUT2D eigenvalue weighted by Gasteiger charge is 2.39. The lowest BCUT2D eigenvalue weighted by molar-refractivity contribution is 0.0879. The fourth-order valence-corrected chi connectivity index (χ4v) is 5.28. The van der Waals surface area contributed by atoms with Crippen molar-refractivity contribution < 1.29 is 28.6 Å². The number of hydrogen-bond donors (Lipinski definition) is 0. The van der Waals surface area contributed by atoms with E-state index in [2.05, 4.69) is 10.2 Å². The third-order valence-electron chi connectivity index (χ3n) is 6.23. The molecule has 0 unspecified atom stereocenters. The number of ketones is 1. The number of rotatable bonds is 10. The molecule has 4 aromatic rings. The maximum Gasteiger partial charge on any atom is 0.281 e. The fraction of sp³-hybridized carbons (Fsp3) is 0.179. The van der Waals surface area contributed by atoms with Crippen LogP contribution in [0.1, 0.15) is 42.5 Å². The maximum absolute atomic E-state index is 13.4. The number of Topliss-reactive ketones (excluding diaryl/α,β-unsaturated/α-hetero) is 1. The first-order valence-corrected chi connectivity index (χ1v) is 13.4. The molecule has 1 aromatic heterocycles. The summed E-state index contributed by atoms with van der Waals surface area (Å²) in [6, 6.07) is 16.6. The van der Waals surface area contributed by atoms with E-state index in [4.69, 9.17) is 25.8 Å². The summed E-state index contributed by atoms with van der Waals surface area (Å²) in [5.41, 5.74) is 1.72. The van der Waals surface area contributed by atoms with Crippen LogP contribution in [0.5, 0.6) is 17.2 Å². The molecule has 10 nitrogen and oxygen atoms in total. The Balaban J connectivity index is 1.53. The Morgan fingerprint density at radius 3 is 2.02 bits per heavy atom. The average molecular weight is 579 g/mol. The third kappa shape index (κ3) is 5.01. The van der Waals surface area contributed by atoms with Crippen LogP contribution in [0.3, 0.4) is 0 Å². The smallest absolute Gasteiger partial charge is 0.281 e. The van der Waals surface area contributed by atoms with E-state index >= 15 is 0 Å². The molecule has 0 atom stereocenters. The molecule has 204 valence electrons. The molecule has 0 spiro atoms. The van der Waals surface area contributed by atoms with Crippen LogP contribution >= 0.6 is 23.4 Å². The second-order valence-corrected chi connectivity index (χ2v) is 9.99.